The second-order valence-corrected chi connectivity index (χ2v) is 6.74. The van der Waals surface area contributed by atoms with Gasteiger partial charge < -0.3 is 19.3 Å². The number of rotatable bonds is 5. The first-order chi connectivity index (χ1) is 13.5. The topological polar surface area (TPSA) is 99.4 Å². The molecule has 1 N–H and O–H groups in total. The van der Waals surface area contributed by atoms with E-state index in [1.54, 1.807) is 26.2 Å². The molecular formula is C20H20N4O4. The van der Waals surface area contributed by atoms with E-state index in [0.29, 0.717) is 30.3 Å². The quantitative estimate of drug-likeness (QED) is 0.726. The highest BCUT2D eigenvalue weighted by molar-refractivity contribution is 5.92. The van der Waals surface area contributed by atoms with Crippen LogP contribution in [-0.4, -0.2) is 41.0 Å². The molecular weight excluding hydrogens is 360 g/mol. The highest BCUT2D eigenvalue weighted by Gasteiger charge is 2.27. The number of aromatic nitrogens is 3. The first-order valence-corrected chi connectivity index (χ1v) is 8.93. The molecule has 8 nitrogen and oxygen atoms in total. The van der Waals surface area contributed by atoms with Crippen LogP contribution in [0.25, 0.3) is 11.3 Å². The number of hydrogen-bond donors (Lipinski definition) is 1. The van der Waals surface area contributed by atoms with Crippen molar-refractivity contribution < 1.29 is 18.8 Å². The summed E-state index contributed by atoms with van der Waals surface area (Å²) in [5, 5.41) is 14.9. The molecule has 1 unspecified atom stereocenters. The maximum atomic E-state index is 12.2. The summed E-state index contributed by atoms with van der Waals surface area (Å²) >= 11 is 0. The van der Waals surface area contributed by atoms with Gasteiger partial charge in [0.25, 0.3) is 5.91 Å². The fourth-order valence-electron chi connectivity index (χ4n) is 3.24. The number of nitrogens with one attached hydrogen (secondary N) is 1. The van der Waals surface area contributed by atoms with Crippen molar-refractivity contribution in [3.8, 4) is 22.9 Å². The maximum absolute atomic E-state index is 12.2. The number of benzene rings is 1. The van der Waals surface area contributed by atoms with Crippen molar-refractivity contribution in [1.29, 1.82) is 0 Å². The van der Waals surface area contributed by atoms with Gasteiger partial charge in [-0.3, -0.25) is 4.79 Å². The average molecular weight is 380 g/mol. The Morgan fingerprint density at radius 3 is 2.79 bits per heavy atom. The zero-order valence-corrected chi connectivity index (χ0v) is 15.9. The number of hydrogen-bond acceptors (Lipinski definition) is 7. The number of amides is 1. The van der Waals surface area contributed by atoms with Gasteiger partial charge in [0.1, 0.15) is 17.6 Å². The van der Waals surface area contributed by atoms with Crippen molar-refractivity contribution in [2.24, 2.45) is 0 Å². The minimum absolute atomic E-state index is 0.168. The molecule has 1 amide bonds. The first kappa shape index (κ1) is 18.0. The molecule has 1 aromatic carbocycles. The molecule has 1 aliphatic heterocycles. The van der Waals surface area contributed by atoms with Gasteiger partial charge in [0, 0.05) is 24.1 Å². The van der Waals surface area contributed by atoms with Crippen LogP contribution in [0.4, 0.5) is 0 Å². The van der Waals surface area contributed by atoms with E-state index in [1.165, 1.54) is 0 Å². The normalized spacial score (nSPS) is 15.0. The van der Waals surface area contributed by atoms with E-state index in [2.05, 4.69) is 26.7 Å². The monoisotopic (exact) mass is 380 g/mol. The standard InChI is InChI=1S/C20H20N4O4/c1-11-6-13-9-14(10-21-20(25)17-8-12(2)28-24-17)27-19(13)15(7-11)16-4-5-18(26-3)23-22-16/h4-8,14H,9-10H2,1-3H3,(H,21,25). The molecule has 144 valence electrons. The average Bonchev–Trinajstić information content (AvgIpc) is 3.31. The van der Waals surface area contributed by atoms with E-state index < -0.39 is 0 Å². The van der Waals surface area contributed by atoms with E-state index in [1.807, 2.05) is 19.1 Å². The van der Waals surface area contributed by atoms with Crippen molar-refractivity contribution >= 4 is 5.91 Å². The highest BCUT2D eigenvalue weighted by atomic mass is 16.5. The van der Waals surface area contributed by atoms with E-state index >= 15 is 0 Å². The van der Waals surface area contributed by atoms with Crippen LogP contribution in [0.5, 0.6) is 11.6 Å². The van der Waals surface area contributed by atoms with Gasteiger partial charge in [0.15, 0.2) is 5.69 Å². The third-order valence-electron chi connectivity index (χ3n) is 4.52. The number of nitrogens with zero attached hydrogens (tertiary/aromatic N) is 3. The molecule has 0 fully saturated rings. The summed E-state index contributed by atoms with van der Waals surface area (Å²) in [6.07, 6.45) is 0.532. The van der Waals surface area contributed by atoms with Crippen LogP contribution in [0.3, 0.4) is 0 Å². The molecule has 0 saturated carbocycles. The Kier molecular flexibility index (Phi) is 4.68. The fourth-order valence-corrected chi connectivity index (χ4v) is 3.24. The molecule has 4 rings (SSSR count). The van der Waals surface area contributed by atoms with E-state index in [9.17, 15) is 4.79 Å². The summed E-state index contributed by atoms with van der Waals surface area (Å²) in [6, 6.07) is 9.34. The lowest BCUT2D eigenvalue weighted by molar-refractivity contribution is 0.0924. The summed E-state index contributed by atoms with van der Waals surface area (Å²) in [7, 11) is 1.55. The van der Waals surface area contributed by atoms with Crippen molar-refractivity contribution in [3.63, 3.8) is 0 Å². The third-order valence-corrected chi connectivity index (χ3v) is 4.52. The molecule has 0 spiro atoms. The van der Waals surface area contributed by atoms with Crippen LogP contribution in [-0.2, 0) is 6.42 Å². The van der Waals surface area contributed by atoms with Crippen LogP contribution in [0.15, 0.2) is 34.9 Å². The summed E-state index contributed by atoms with van der Waals surface area (Å²) in [5.41, 5.74) is 4.05. The van der Waals surface area contributed by atoms with Crippen molar-refractivity contribution in [2.75, 3.05) is 13.7 Å². The number of carbonyl (C=O) groups excluding carboxylic acids is 1. The Labute approximate surface area is 161 Å². The summed E-state index contributed by atoms with van der Waals surface area (Å²) in [4.78, 5) is 12.2. The molecule has 1 aliphatic rings. The molecule has 3 aromatic rings. The summed E-state index contributed by atoms with van der Waals surface area (Å²) in [5.74, 6) is 1.54. The van der Waals surface area contributed by atoms with Crippen LogP contribution < -0.4 is 14.8 Å². The van der Waals surface area contributed by atoms with Crippen molar-refractivity contribution in [1.82, 2.24) is 20.7 Å². The lowest BCUT2D eigenvalue weighted by Gasteiger charge is -2.13. The largest absolute Gasteiger partial charge is 0.487 e. The Balaban J connectivity index is 1.50. The number of aryl methyl sites for hydroxylation is 2. The number of methoxy groups -OCH3 is 1. The van der Waals surface area contributed by atoms with Crippen LogP contribution >= 0.6 is 0 Å². The Bertz CT molecular complexity index is 1010. The fraction of sp³-hybridized carbons (Fsp3) is 0.300. The van der Waals surface area contributed by atoms with Gasteiger partial charge in [0.05, 0.1) is 19.3 Å². The molecule has 0 bridgehead atoms. The van der Waals surface area contributed by atoms with Crippen LogP contribution in [0, 0.1) is 13.8 Å². The van der Waals surface area contributed by atoms with Crippen LogP contribution in [0.2, 0.25) is 0 Å². The Morgan fingerprint density at radius 1 is 1.25 bits per heavy atom. The lowest BCUT2D eigenvalue weighted by Crippen LogP contribution is -2.34. The highest BCUT2D eigenvalue weighted by Crippen LogP contribution is 2.39. The predicted octanol–water partition coefficient (Wildman–Crippen LogP) is 2.49. The first-order valence-electron chi connectivity index (χ1n) is 8.93. The second-order valence-electron chi connectivity index (χ2n) is 6.74. The van der Waals surface area contributed by atoms with Crippen LogP contribution in [0.1, 0.15) is 27.4 Å². The molecule has 0 saturated heterocycles. The zero-order chi connectivity index (χ0) is 19.7. The third kappa shape index (κ3) is 3.53. The number of ether oxygens (including phenoxy) is 2. The SMILES string of the molecule is COc1ccc(-c2cc(C)cc3c2OC(CNC(=O)c2cc(C)on2)C3)nn1. The van der Waals surface area contributed by atoms with Gasteiger partial charge in [-0.2, -0.15) is 0 Å². The Hall–Kier alpha value is -3.42. The van der Waals surface area contributed by atoms with Gasteiger partial charge in [-0.25, -0.2) is 0 Å². The molecule has 0 radical (unpaired) electrons. The lowest BCUT2D eigenvalue weighted by atomic mass is 10.0. The van der Waals surface area contributed by atoms with Gasteiger partial charge in [-0.1, -0.05) is 11.2 Å². The molecule has 2 aromatic heterocycles. The molecule has 28 heavy (non-hydrogen) atoms. The summed E-state index contributed by atoms with van der Waals surface area (Å²) < 4.78 is 16.2. The number of carbonyl (C=O) groups is 1. The Morgan fingerprint density at radius 2 is 2.11 bits per heavy atom. The smallest absolute Gasteiger partial charge is 0.273 e. The molecule has 1 atom stereocenters. The molecule has 8 heteroatoms. The second kappa shape index (κ2) is 7.30. The minimum atomic E-state index is -0.283. The van der Waals surface area contributed by atoms with E-state index in [-0.39, 0.29) is 17.7 Å². The van der Waals surface area contributed by atoms with Crippen molar-refractivity contribution in [3.05, 3.63) is 52.9 Å². The molecule has 3 heterocycles. The van der Waals surface area contributed by atoms with E-state index in [4.69, 9.17) is 14.0 Å². The van der Waals surface area contributed by atoms with Gasteiger partial charge in [-0.15, -0.1) is 10.2 Å². The van der Waals surface area contributed by atoms with Crippen molar-refractivity contribution in [2.45, 2.75) is 26.4 Å². The van der Waals surface area contributed by atoms with E-state index in [0.717, 1.165) is 22.4 Å². The van der Waals surface area contributed by atoms with Gasteiger partial charge in [-0.05, 0) is 37.1 Å². The maximum Gasteiger partial charge on any atom is 0.273 e. The van der Waals surface area contributed by atoms with Gasteiger partial charge >= 0.3 is 0 Å². The minimum Gasteiger partial charge on any atom is -0.487 e. The predicted molar refractivity (Wildman–Crippen MR) is 100 cm³/mol. The molecule has 0 aliphatic carbocycles. The summed E-state index contributed by atoms with van der Waals surface area (Å²) in [6.45, 7) is 4.14. The zero-order valence-electron chi connectivity index (χ0n) is 15.9. The van der Waals surface area contributed by atoms with Gasteiger partial charge in [0.2, 0.25) is 5.88 Å². The number of fused-ring (bicyclic) bond motifs is 1.